The molecule has 4 fully saturated rings. The molecule has 1 N–H and O–H groups in total. The van der Waals surface area contributed by atoms with Crippen molar-refractivity contribution in [1.29, 1.82) is 0 Å². The maximum atomic E-state index is 13.8. The van der Waals surface area contributed by atoms with Gasteiger partial charge in [-0.15, -0.1) is 0 Å². The monoisotopic (exact) mass is 471 g/mol. The van der Waals surface area contributed by atoms with E-state index < -0.39 is 11.8 Å². The molecule has 0 bridgehead atoms. The average Bonchev–Trinajstić information content (AvgIpc) is 3.47. The topological polar surface area (TPSA) is 97.4 Å². The number of nitrogens with one attached hydrogen (secondary N) is 1. The second kappa shape index (κ2) is 9.54. The SMILES string of the molecule is COc1cccc(C(=O)N2[C@H](C(=O)NC[C@H]3CCCO3)COC23CCN(C(=O)C2CC2)CC3)c1. The number of likely N-dealkylation sites (tertiary alicyclic amines) is 1. The maximum absolute atomic E-state index is 13.8. The Labute approximate surface area is 199 Å². The maximum Gasteiger partial charge on any atom is 0.257 e. The van der Waals surface area contributed by atoms with Gasteiger partial charge in [0.05, 0.1) is 19.8 Å². The van der Waals surface area contributed by atoms with Gasteiger partial charge in [0.2, 0.25) is 11.8 Å². The molecule has 1 aliphatic carbocycles. The van der Waals surface area contributed by atoms with Crippen LogP contribution in [0.1, 0.15) is 48.9 Å². The molecule has 0 unspecified atom stereocenters. The van der Waals surface area contributed by atoms with Crippen molar-refractivity contribution >= 4 is 17.7 Å². The highest BCUT2D eigenvalue weighted by atomic mass is 16.5. The van der Waals surface area contributed by atoms with Crippen LogP contribution in [0.2, 0.25) is 0 Å². The Morgan fingerprint density at radius 1 is 1.18 bits per heavy atom. The van der Waals surface area contributed by atoms with Crippen molar-refractivity contribution < 1.29 is 28.6 Å². The Morgan fingerprint density at radius 2 is 1.97 bits per heavy atom. The van der Waals surface area contributed by atoms with Gasteiger partial charge in [-0.25, -0.2) is 0 Å². The fraction of sp³-hybridized carbons (Fsp3) is 0.640. The van der Waals surface area contributed by atoms with E-state index >= 15 is 0 Å². The molecule has 1 saturated carbocycles. The molecule has 0 radical (unpaired) electrons. The quantitative estimate of drug-likeness (QED) is 0.676. The van der Waals surface area contributed by atoms with Crippen LogP contribution in [0.3, 0.4) is 0 Å². The number of hydrogen-bond donors (Lipinski definition) is 1. The van der Waals surface area contributed by atoms with Crippen molar-refractivity contribution in [3.05, 3.63) is 29.8 Å². The molecule has 5 rings (SSSR count). The predicted molar refractivity (Wildman–Crippen MR) is 122 cm³/mol. The van der Waals surface area contributed by atoms with E-state index in [1.54, 1.807) is 36.3 Å². The zero-order valence-electron chi connectivity index (χ0n) is 19.7. The third kappa shape index (κ3) is 4.51. The van der Waals surface area contributed by atoms with Crippen molar-refractivity contribution in [2.45, 2.75) is 56.4 Å². The molecule has 0 aromatic heterocycles. The summed E-state index contributed by atoms with van der Waals surface area (Å²) in [6, 6.07) is 6.21. The molecular weight excluding hydrogens is 438 g/mol. The van der Waals surface area contributed by atoms with E-state index in [2.05, 4.69) is 5.32 Å². The molecule has 1 aromatic rings. The Bertz CT molecular complexity index is 934. The molecular formula is C25H33N3O6. The minimum absolute atomic E-state index is 0.0134. The van der Waals surface area contributed by atoms with Gasteiger partial charge in [-0.1, -0.05) is 6.07 Å². The summed E-state index contributed by atoms with van der Waals surface area (Å²) in [5.41, 5.74) is -0.468. The highest BCUT2D eigenvalue weighted by molar-refractivity contribution is 5.98. The van der Waals surface area contributed by atoms with E-state index in [0.29, 0.717) is 50.4 Å². The second-order valence-corrected chi connectivity index (χ2v) is 9.66. The third-order valence-electron chi connectivity index (χ3n) is 7.41. The summed E-state index contributed by atoms with van der Waals surface area (Å²) in [5.74, 6) is 0.425. The Hall–Kier alpha value is -2.65. The van der Waals surface area contributed by atoms with E-state index in [0.717, 1.165) is 25.7 Å². The van der Waals surface area contributed by atoms with Crippen molar-refractivity contribution in [1.82, 2.24) is 15.1 Å². The van der Waals surface area contributed by atoms with Crippen molar-refractivity contribution in [2.24, 2.45) is 5.92 Å². The number of ether oxygens (including phenoxy) is 3. The number of methoxy groups -OCH3 is 1. The zero-order chi connectivity index (χ0) is 23.7. The van der Waals surface area contributed by atoms with Gasteiger partial charge in [0, 0.05) is 50.6 Å². The van der Waals surface area contributed by atoms with Crippen LogP contribution in [0.5, 0.6) is 5.75 Å². The fourth-order valence-electron chi connectivity index (χ4n) is 5.26. The first-order valence-electron chi connectivity index (χ1n) is 12.3. The molecule has 9 nitrogen and oxygen atoms in total. The lowest BCUT2D eigenvalue weighted by Crippen LogP contribution is -2.60. The third-order valence-corrected chi connectivity index (χ3v) is 7.41. The fourth-order valence-corrected chi connectivity index (χ4v) is 5.26. The summed E-state index contributed by atoms with van der Waals surface area (Å²) in [4.78, 5) is 43.1. The molecule has 3 amide bonds. The van der Waals surface area contributed by atoms with Crippen LogP contribution in [0.25, 0.3) is 0 Å². The van der Waals surface area contributed by atoms with Crippen LogP contribution in [0.4, 0.5) is 0 Å². The van der Waals surface area contributed by atoms with Crippen LogP contribution in [-0.4, -0.2) is 85.3 Å². The molecule has 1 aromatic carbocycles. The van der Waals surface area contributed by atoms with E-state index in [9.17, 15) is 14.4 Å². The molecule has 34 heavy (non-hydrogen) atoms. The standard InChI is InChI=1S/C25H33N3O6/c1-32-19-5-2-4-18(14-19)24(31)28-21(22(29)26-15-20-6-3-13-33-20)16-34-25(28)9-11-27(12-10-25)23(30)17-7-8-17/h2,4-5,14,17,20-21H,3,6-13,15-16H2,1H3,(H,26,29)/t20-,21+/m1/s1. The average molecular weight is 472 g/mol. The lowest BCUT2D eigenvalue weighted by Gasteiger charge is -2.44. The van der Waals surface area contributed by atoms with E-state index in [-0.39, 0.29) is 36.4 Å². The Balaban J connectivity index is 1.36. The molecule has 2 atom stereocenters. The van der Waals surface area contributed by atoms with Gasteiger partial charge < -0.3 is 24.4 Å². The normalized spacial score (nSPS) is 26.0. The summed E-state index contributed by atoms with van der Waals surface area (Å²) in [6.45, 7) is 2.30. The van der Waals surface area contributed by atoms with E-state index in [4.69, 9.17) is 14.2 Å². The smallest absolute Gasteiger partial charge is 0.257 e. The molecule has 9 heteroatoms. The number of benzene rings is 1. The Kier molecular flexibility index (Phi) is 6.48. The van der Waals surface area contributed by atoms with Crippen LogP contribution in [0, 0.1) is 5.92 Å². The first-order chi connectivity index (χ1) is 16.5. The largest absolute Gasteiger partial charge is 0.497 e. The molecule has 3 heterocycles. The van der Waals surface area contributed by atoms with Crippen LogP contribution in [-0.2, 0) is 19.1 Å². The number of hydrogen-bond acceptors (Lipinski definition) is 6. The molecule has 3 saturated heterocycles. The van der Waals surface area contributed by atoms with Crippen LogP contribution >= 0.6 is 0 Å². The summed E-state index contributed by atoms with van der Waals surface area (Å²) >= 11 is 0. The highest BCUT2D eigenvalue weighted by Crippen LogP contribution is 2.40. The number of carbonyl (C=O) groups is 3. The van der Waals surface area contributed by atoms with Crippen LogP contribution < -0.4 is 10.1 Å². The summed E-state index contributed by atoms with van der Waals surface area (Å²) < 4.78 is 17.2. The first-order valence-corrected chi connectivity index (χ1v) is 12.3. The highest BCUT2D eigenvalue weighted by Gasteiger charge is 2.54. The minimum Gasteiger partial charge on any atom is -0.497 e. The summed E-state index contributed by atoms with van der Waals surface area (Å²) in [6.07, 6.45) is 4.82. The molecule has 1 spiro atoms. The molecule has 184 valence electrons. The predicted octanol–water partition coefficient (Wildman–Crippen LogP) is 1.56. The van der Waals surface area contributed by atoms with E-state index in [1.807, 2.05) is 4.90 Å². The van der Waals surface area contributed by atoms with Gasteiger partial charge in [-0.3, -0.25) is 19.3 Å². The lowest BCUT2D eigenvalue weighted by molar-refractivity contribution is -0.144. The van der Waals surface area contributed by atoms with E-state index in [1.165, 1.54) is 0 Å². The van der Waals surface area contributed by atoms with Crippen LogP contribution in [0.15, 0.2) is 24.3 Å². The number of piperidine rings is 1. The first kappa shape index (κ1) is 23.1. The number of amides is 3. The van der Waals surface area contributed by atoms with Gasteiger partial charge in [0.15, 0.2) is 0 Å². The van der Waals surface area contributed by atoms with Gasteiger partial charge >= 0.3 is 0 Å². The van der Waals surface area contributed by atoms with Gasteiger partial charge in [0.1, 0.15) is 17.5 Å². The summed E-state index contributed by atoms with van der Waals surface area (Å²) in [7, 11) is 1.55. The second-order valence-electron chi connectivity index (χ2n) is 9.66. The molecule has 4 aliphatic rings. The number of rotatable bonds is 6. The number of carbonyl (C=O) groups excluding carboxylic acids is 3. The van der Waals surface area contributed by atoms with Gasteiger partial charge in [0.25, 0.3) is 5.91 Å². The molecule has 3 aliphatic heterocycles. The minimum atomic E-state index is -0.910. The van der Waals surface area contributed by atoms with Crippen molar-refractivity contribution in [2.75, 3.05) is 40.0 Å². The van der Waals surface area contributed by atoms with Crippen molar-refractivity contribution in [3.8, 4) is 5.75 Å². The van der Waals surface area contributed by atoms with Gasteiger partial charge in [-0.2, -0.15) is 0 Å². The Morgan fingerprint density at radius 3 is 2.65 bits per heavy atom. The van der Waals surface area contributed by atoms with Crippen molar-refractivity contribution in [3.63, 3.8) is 0 Å². The van der Waals surface area contributed by atoms with Gasteiger partial charge in [-0.05, 0) is 43.9 Å². The summed E-state index contributed by atoms with van der Waals surface area (Å²) in [5, 5.41) is 2.97. The zero-order valence-corrected chi connectivity index (χ0v) is 19.7. The lowest BCUT2D eigenvalue weighted by atomic mass is 9.96. The number of nitrogens with zero attached hydrogens (tertiary/aromatic N) is 2.